The average molecular weight is 367 g/mol. The van der Waals surface area contributed by atoms with Crippen LogP contribution in [0.3, 0.4) is 0 Å². The standard InChI is InChI=1S/C19H25N7O/c1-2-15(1)19-20-4-3-16(23-19)24-5-7-25(8-6-24)17-13-18(22-14-21-17)26-9-11-27-12-10-26/h3-4,13-15H,1-2,5-12H2. The number of piperazine rings is 1. The fourth-order valence-electron chi connectivity index (χ4n) is 3.72. The van der Waals surface area contributed by atoms with Crippen LogP contribution in [-0.4, -0.2) is 72.4 Å². The minimum Gasteiger partial charge on any atom is -0.378 e. The molecule has 2 aromatic heterocycles. The van der Waals surface area contributed by atoms with E-state index < -0.39 is 0 Å². The molecule has 0 N–H and O–H groups in total. The monoisotopic (exact) mass is 367 g/mol. The predicted molar refractivity (Wildman–Crippen MR) is 103 cm³/mol. The summed E-state index contributed by atoms with van der Waals surface area (Å²) in [4.78, 5) is 25.2. The zero-order valence-corrected chi connectivity index (χ0v) is 15.5. The van der Waals surface area contributed by atoms with Crippen LogP contribution in [0.4, 0.5) is 17.5 Å². The van der Waals surface area contributed by atoms with Crippen molar-refractivity contribution in [2.24, 2.45) is 0 Å². The minimum absolute atomic E-state index is 0.589. The second-order valence-corrected chi connectivity index (χ2v) is 7.36. The van der Waals surface area contributed by atoms with E-state index in [4.69, 9.17) is 9.72 Å². The molecule has 3 fully saturated rings. The number of hydrogen-bond donors (Lipinski definition) is 0. The quantitative estimate of drug-likeness (QED) is 0.801. The van der Waals surface area contributed by atoms with Crippen molar-refractivity contribution in [3.63, 3.8) is 0 Å². The summed E-state index contributed by atoms with van der Waals surface area (Å²) in [5, 5.41) is 0. The molecule has 0 aromatic carbocycles. The summed E-state index contributed by atoms with van der Waals surface area (Å²) in [6.45, 7) is 7.06. The maximum atomic E-state index is 5.44. The van der Waals surface area contributed by atoms with Crippen LogP contribution in [0.5, 0.6) is 0 Å². The van der Waals surface area contributed by atoms with Crippen molar-refractivity contribution < 1.29 is 4.74 Å². The lowest BCUT2D eigenvalue weighted by molar-refractivity contribution is 0.122. The molecule has 27 heavy (non-hydrogen) atoms. The number of rotatable bonds is 4. The first kappa shape index (κ1) is 16.7. The second-order valence-electron chi connectivity index (χ2n) is 7.36. The van der Waals surface area contributed by atoms with Gasteiger partial charge in [0.15, 0.2) is 0 Å². The Morgan fingerprint density at radius 2 is 1.41 bits per heavy atom. The number of morpholine rings is 1. The third-order valence-electron chi connectivity index (χ3n) is 5.50. The largest absolute Gasteiger partial charge is 0.378 e. The maximum Gasteiger partial charge on any atom is 0.134 e. The lowest BCUT2D eigenvalue weighted by Crippen LogP contribution is -2.47. The van der Waals surface area contributed by atoms with E-state index in [1.807, 2.05) is 12.3 Å². The van der Waals surface area contributed by atoms with Crippen molar-refractivity contribution >= 4 is 17.5 Å². The van der Waals surface area contributed by atoms with Crippen LogP contribution in [0, 0.1) is 0 Å². The van der Waals surface area contributed by atoms with Gasteiger partial charge in [-0.25, -0.2) is 19.9 Å². The zero-order valence-electron chi connectivity index (χ0n) is 15.5. The summed E-state index contributed by atoms with van der Waals surface area (Å²) in [5.74, 6) is 4.66. The normalized spacial score (nSPS) is 20.8. The summed E-state index contributed by atoms with van der Waals surface area (Å²) < 4.78 is 5.44. The van der Waals surface area contributed by atoms with Crippen molar-refractivity contribution in [2.45, 2.75) is 18.8 Å². The van der Waals surface area contributed by atoms with Gasteiger partial charge < -0.3 is 19.4 Å². The van der Waals surface area contributed by atoms with E-state index in [1.165, 1.54) is 12.8 Å². The molecule has 1 aliphatic carbocycles. The molecule has 1 saturated carbocycles. The van der Waals surface area contributed by atoms with E-state index >= 15 is 0 Å². The Balaban J connectivity index is 1.24. The van der Waals surface area contributed by atoms with E-state index in [2.05, 4.69) is 35.7 Å². The number of anilines is 3. The van der Waals surface area contributed by atoms with E-state index in [0.29, 0.717) is 5.92 Å². The van der Waals surface area contributed by atoms with Gasteiger partial charge >= 0.3 is 0 Å². The molecular weight excluding hydrogens is 342 g/mol. The van der Waals surface area contributed by atoms with Gasteiger partial charge in [-0.2, -0.15) is 0 Å². The fourth-order valence-corrected chi connectivity index (χ4v) is 3.72. The SMILES string of the molecule is c1nc(N2CCOCC2)cc(N2CCN(c3ccnc(C4CC4)n3)CC2)n1. The molecule has 0 unspecified atom stereocenters. The van der Waals surface area contributed by atoms with Crippen molar-refractivity contribution in [1.29, 1.82) is 0 Å². The Morgan fingerprint density at radius 1 is 0.778 bits per heavy atom. The van der Waals surface area contributed by atoms with Gasteiger partial charge in [-0.3, -0.25) is 0 Å². The van der Waals surface area contributed by atoms with E-state index in [9.17, 15) is 0 Å². The zero-order chi connectivity index (χ0) is 18.1. The third-order valence-corrected chi connectivity index (χ3v) is 5.50. The van der Waals surface area contributed by atoms with Crippen LogP contribution in [-0.2, 0) is 4.74 Å². The minimum atomic E-state index is 0.589. The van der Waals surface area contributed by atoms with Gasteiger partial charge in [-0.1, -0.05) is 0 Å². The van der Waals surface area contributed by atoms with Gasteiger partial charge in [0, 0.05) is 57.4 Å². The predicted octanol–water partition coefficient (Wildman–Crippen LogP) is 1.31. The smallest absolute Gasteiger partial charge is 0.134 e. The maximum absolute atomic E-state index is 5.44. The lowest BCUT2D eigenvalue weighted by Gasteiger charge is -2.36. The van der Waals surface area contributed by atoms with Crippen molar-refractivity contribution in [3.05, 3.63) is 30.5 Å². The molecule has 8 heteroatoms. The van der Waals surface area contributed by atoms with Crippen LogP contribution in [0.1, 0.15) is 24.6 Å². The highest BCUT2D eigenvalue weighted by Gasteiger charge is 2.27. The van der Waals surface area contributed by atoms with Crippen LogP contribution in [0.15, 0.2) is 24.7 Å². The first-order valence-corrected chi connectivity index (χ1v) is 9.84. The molecule has 142 valence electrons. The Labute approximate surface area is 159 Å². The van der Waals surface area contributed by atoms with E-state index in [-0.39, 0.29) is 0 Å². The Kier molecular flexibility index (Phi) is 4.49. The molecule has 0 radical (unpaired) electrons. The first-order chi connectivity index (χ1) is 13.4. The summed E-state index contributed by atoms with van der Waals surface area (Å²) >= 11 is 0. The third kappa shape index (κ3) is 3.66. The van der Waals surface area contributed by atoms with Gasteiger partial charge in [0.05, 0.1) is 13.2 Å². The average Bonchev–Trinajstić information content (AvgIpc) is 3.60. The molecule has 0 amide bonds. The highest BCUT2D eigenvalue weighted by molar-refractivity contribution is 5.52. The fraction of sp³-hybridized carbons (Fsp3) is 0.579. The van der Waals surface area contributed by atoms with Gasteiger partial charge in [-0.15, -0.1) is 0 Å². The van der Waals surface area contributed by atoms with E-state index in [0.717, 1.165) is 75.8 Å². The number of aromatic nitrogens is 4. The lowest BCUT2D eigenvalue weighted by atomic mass is 10.3. The molecule has 0 atom stereocenters. The summed E-state index contributed by atoms with van der Waals surface area (Å²) in [7, 11) is 0. The summed E-state index contributed by atoms with van der Waals surface area (Å²) in [5.41, 5.74) is 0. The van der Waals surface area contributed by atoms with Crippen molar-refractivity contribution in [1.82, 2.24) is 19.9 Å². The first-order valence-electron chi connectivity index (χ1n) is 9.84. The molecule has 4 heterocycles. The van der Waals surface area contributed by atoms with Crippen molar-refractivity contribution in [2.75, 3.05) is 67.2 Å². The van der Waals surface area contributed by atoms with Gasteiger partial charge in [0.1, 0.15) is 29.6 Å². The molecule has 0 spiro atoms. The van der Waals surface area contributed by atoms with Gasteiger partial charge in [0.2, 0.25) is 0 Å². The van der Waals surface area contributed by atoms with Crippen LogP contribution in [0.2, 0.25) is 0 Å². The van der Waals surface area contributed by atoms with E-state index in [1.54, 1.807) is 6.33 Å². The molecule has 0 bridgehead atoms. The van der Waals surface area contributed by atoms with Gasteiger partial charge in [-0.05, 0) is 18.9 Å². The highest BCUT2D eigenvalue weighted by Crippen LogP contribution is 2.38. The Bertz CT molecular complexity index is 783. The molecule has 2 saturated heterocycles. The molecule has 2 aliphatic heterocycles. The summed E-state index contributed by atoms with van der Waals surface area (Å²) in [6, 6.07) is 4.14. The molecule has 5 rings (SSSR count). The van der Waals surface area contributed by atoms with Crippen molar-refractivity contribution in [3.8, 4) is 0 Å². The summed E-state index contributed by atoms with van der Waals surface area (Å²) in [6.07, 6.45) is 6.05. The highest BCUT2D eigenvalue weighted by atomic mass is 16.5. The number of ether oxygens (including phenoxy) is 1. The molecular formula is C19H25N7O. The number of hydrogen-bond acceptors (Lipinski definition) is 8. The molecule has 2 aromatic rings. The Hall–Kier alpha value is -2.48. The van der Waals surface area contributed by atoms with Crippen LogP contribution < -0.4 is 14.7 Å². The topological polar surface area (TPSA) is 70.5 Å². The molecule has 3 aliphatic rings. The number of nitrogens with zero attached hydrogens (tertiary/aromatic N) is 7. The van der Waals surface area contributed by atoms with Gasteiger partial charge in [0.25, 0.3) is 0 Å². The van der Waals surface area contributed by atoms with Crippen LogP contribution in [0.25, 0.3) is 0 Å². The molecule has 8 nitrogen and oxygen atoms in total. The second kappa shape index (κ2) is 7.26. The van der Waals surface area contributed by atoms with Crippen LogP contribution >= 0.6 is 0 Å². The Morgan fingerprint density at radius 3 is 2.07 bits per heavy atom.